The molecule has 0 aromatic heterocycles. The molecule has 0 aliphatic carbocycles. The first-order chi connectivity index (χ1) is 10.2. The summed E-state index contributed by atoms with van der Waals surface area (Å²) in [6, 6.07) is 7.49. The van der Waals surface area contributed by atoms with Gasteiger partial charge in [0.1, 0.15) is 11.9 Å². The van der Waals surface area contributed by atoms with Gasteiger partial charge in [-0.2, -0.15) is 0 Å². The lowest BCUT2D eigenvalue weighted by Gasteiger charge is -2.17. The van der Waals surface area contributed by atoms with Gasteiger partial charge >= 0.3 is 0 Å². The summed E-state index contributed by atoms with van der Waals surface area (Å²) in [5.41, 5.74) is 0.794. The molecule has 1 aromatic rings. The average molecular weight is 292 g/mol. The number of nitrogens with zero attached hydrogens (tertiary/aromatic N) is 1. The van der Waals surface area contributed by atoms with E-state index in [4.69, 9.17) is 9.47 Å². The second kappa shape index (κ2) is 8.00. The summed E-state index contributed by atoms with van der Waals surface area (Å²) in [5, 5.41) is 2.90. The molecule has 1 aromatic carbocycles. The van der Waals surface area contributed by atoms with Gasteiger partial charge in [0.2, 0.25) is 5.91 Å². The van der Waals surface area contributed by atoms with E-state index in [-0.39, 0.29) is 12.0 Å². The fourth-order valence-corrected chi connectivity index (χ4v) is 2.27. The molecule has 116 valence electrons. The van der Waals surface area contributed by atoms with Crippen molar-refractivity contribution >= 4 is 11.6 Å². The first kappa shape index (κ1) is 15.8. The monoisotopic (exact) mass is 292 g/mol. The molecule has 1 fully saturated rings. The highest BCUT2D eigenvalue weighted by Crippen LogP contribution is 2.19. The maximum atomic E-state index is 11.9. The highest BCUT2D eigenvalue weighted by atomic mass is 16.5. The van der Waals surface area contributed by atoms with Gasteiger partial charge in [-0.15, -0.1) is 0 Å². The molecule has 0 bridgehead atoms. The van der Waals surface area contributed by atoms with Gasteiger partial charge in [-0.25, -0.2) is 0 Å². The fourth-order valence-electron chi connectivity index (χ4n) is 2.27. The van der Waals surface area contributed by atoms with Crippen molar-refractivity contribution in [3.05, 3.63) is 24.3 Å². The predicted octanol–water partition coefficient (Wildman–Crippen LogP) is 2.13. The van der Waals surface area contributed by atoms with Crippen LogP contribution in [-0.2, 0) is 9.53 Å². The summed E-state index contributed by atoms with van der Waals surface area (Å²) in [6.45, 7) is 7.70. The van der Waals surface area contributed by atoms with Crippen LogP contribution in [0.5, 0.6) is 5.75 Å². The summed E-state index contributed by atoms with van der Waals surface area (Å²) in [7, 11) is 0. The minimum absolute atomic E-state index is 0.0107. The van der Waals surface area contributed by atoms with Crippen LogP contribution in [0.25, 0.3) is 0 Å². The molecule has 0 radical (unpaired) electrons. The molecule has 21 heavy (non-hydrogen) atoms. The largest absolute Gasteiger partial charge is 0.488 e. The zero-order chi connectivity index (χ0) is 15.1. The molecule has 1 atom stereocenters. The van der Waals surface area contributed by atoms with Crippen molar-refractivity contribution in [2.75, 3.05) is 38.2 Å². The lowest BCUT2D eigenvalue weighted by Crippen LogP contribution is -2.32. The van der Waals surface area contributed by atoms with E-state index in [2.05, 4.69) is 24.1 Å². The topological polar surface area (TPSA) is 50.8 Å². The van der Waals surface area contributed by atoms with E-state index >= 15 is 0 Å². The van der Waals surface area contributed by atoms with Crippen molar-refractivity contribution in [2.24, 2.45) is 0 Å². The van der Waals surface area contributed by atoms with Crippen LogP contribution in [0.2, 0.25) is 0 Å². The van der Waals surface area contributed by atoms with Gasteiger partial charge in [0, 0.05) is 12.1 Å². The third kappa shape index (κ3) is 5.02. The van der Waals surface area contributed by atoms with Crippen LogP contribution in [0.4, 0.5) is 5.69 Å². The van der Waals surface area contributed by atoms with Crippen molar-refractivity contribution in [2.45, 2.75) is 26.4 Å². The molecule has 1 aliphatic heterocycles. The summed E-state index contributed by atoms with van der Waals surface area (Å²) in [5.74, 6) is 0.823. The number of likely N-dealkylation sites (N-methyl/N-ethyl adjacent to an activating group) is 1. The van der Waals surface area contributed by atoms with E-state index in [1.165, 1.54) is 0 Å². The maximum Gasteiger partial charge on any atom is 0.238 e. The number of hydrogen-bond acceptors (Lipinski definition) is 4. The Kier molecular flexibility index (Phi) is 6.02. The second-order valence-electron chi connectivity index (χ2n) is 5.14. The van der Waals surface area contributed by atoms with Crippen molar-refractivity contribution in [3.63, 3.8) is 0 Å². The summed E-state index contributed by atoms with van der Waals surface area (Å²) in [6.07, 6.45) is 1.08. The van der Waals surface area contributed by atoms with Crippen molar-refractivity contribution < 1.29 is 14.3 Å². The Labute approximate surface area is 126 Å². The Morgan fingerprint density at radius 3 is 2.62 bits per heavy atom. The van der Waals surface area contributed by atoms with Crippen LogP contribution in [0.3, 0.4) is 0 Å². The van der Waals surface area contributed by atoms with Crippen LogP contribution in [0, 0.1) is 0 Å². The molecule has 5 nitrogen and oxygen atoms in total. The minimum atomic E-state index is 0.0107. The number of carbonyl (C=O) groups is 1. The molecule has 0 unspecified atom stereocenters. The van der Waals surface area contributed by atoms with Crippen LogP contribution in [0.1, 0.15) is 20.3 Å². The number of rotatable bonds is 7. The second-order valence-corrected chi connectivity index (χ2v) is 5.14. The highest BCUT2D eigenvalue weighted by Gasteiger charge is 2.17. The molecule has 1 N–H and O–H groups in total. The number of ether oxygens (including phenoxy) is 2. The van der Waals surface area contributed by atoms with Crippen molar-refractivity contribution in [3.8, 4) is 5.75 Å². The van der Waals surface area contributed by atoms with E-state index in [1.54, 1.807) is 0 Å². The highest BCUT2D eigenvalue weighted by molar-refractivity contribution is 5.92. The normalized spacial score (nSPS) is 18.0. The molecule has 0 saturated carbocycles. The Bertz CT molecular complexity index is 437. The van der Waals surface area contributed by atoms with Crippen LogP contribution in [0.15, 0.2) is 24.3 Å². The first-order valence-corrected chi connectivity index (χ1v) is 7.58. The van der Waals surface area contributed by atoms with Gasteiger partial charge in [0.15, 0.2) is 0 Å². The molecule has 1 saturated heterocycles. The van der Waals surface area contributed by atoms with Gasteiger partial charge in [-0.3, -0.25) is 9.69 Å². The quantitative estimate of drug-likeness (QED) is 0.836. The number of benzene rings is 1. The lowest BCUT2D eigenvalue weighted by molar-refractivity contribution is -0.117. The molecule has 1 heterocycles. The lowest BCUT2D eigenvalue weighted by atomic mass is 10.2. The third-order valence-corrected chi connectivity index (χ3v) is 3.59. The SMILES string of the molecule is CCN(CC)CC(=O)Nc1ccc(O[C@H]2CCOC2)cc1. The molecule has 2 rings (SSSR count). The standard InChI is InChI=1S/C16H24N2O3/c1-3-18(4-2)11-16(19)17-13-5-7-14(8-6-13)21-15-9-10-20-12-15/h5-8,15H,3-4,9-12H2,1-2H3,(H,17,19)/t15-/m0/s1. The van der Waals surface area contributed by atoms with Gasteiger partial charge in [0.25, 0.3) is 0 Å². The first-order valence-electron chi connectivity index (χ1n) is 7.58. The molecular weight excluding hydrogens is 268 g/mol. The minimum Gasteiger partial charge on any atom is -0.488 e. The number of carbonyl (C=O) groups excluding carboxylic acids is 1. The average Bonchev–Trinajstić information content (AvgIpc) is 3.00. The molecule has 5 heteroatoms. The molecule has 1 amide bonds. The van der Waals surface area contributed by atoms with E-state index in [0.29, 0.717) is 13.2 Å². The Morgan fingerprint density at radius 1 is 1.33 bits per heavy atom. The van der Waals surface area contributed by atoms with E-state index in [0.717, 1.165) is 37.6 Å². The number of nitrogens with one attached hydrogen (secondary N) is 1. The van der Waals surface area contributed by atoms with Crippen molar-refractivity contribution in [1.29, 1.82) is 0 Å². The Hall–Kier alpha value is -1.59. The number of amides is 1. The van der Waals surface area contributed by atoms with Gasteiger partial charge in [0.05, 0.1) is 19.8 Å². The summed E-state index contributed by atoms with van der Waals surface area (Å²) in [4.78, 5) is 14.0. The molecular formula is C16H24N2O3. The smallest absolute Gasteiger partial charge is 0.238 e. The maximum absolute atomic E-state index is 11.9. The van der Waals surface area contributed by atoms with Gasteiger partial charge in [-0.05, 0) is 37.4 Å². The Morgan fingerprint density at radius 2 is 2.05 bits per heavy atom. The van der Waals surface area contributed by atoms with Crippen molar-refractivity contribution in [1.82, 2.24) is 4.90 Å². The number of anilines is 1. The van der Waals surface area contributed by atoms with E-state index < -0.39 is 0 Å². The van der Waals surface area contributed by atoms with E-state index in [9.17, 15) is 4.79 Å². The molecule has 0 spiro atoms. The zero-order valence-corrected chi connectivity index (χ0v) is 12.8. The zero-order valence-electron chi connectivity index (χ0n) is 12.8. The van der Waals surface area contributed by atoms with Crippen LogP contribution < -0.4 is 10.1 Å². The fraction of sp³-hybridized carbons (Fsp3) is 0.562. The summed E-state index contributed by atoms with van der Waals surface area (Å²) >= 11 is 0. The Balaban J connectivity index is 1.82. The number of hydrogen-bond donors (Lipinski definition) is 1. The van der Waals surface area contributed by atoms with Gasteiger partial charge < -0.3 is 14.8 Å². The van der Waals surface area contributed by atoms with Gasteiger partial charge in [-0.1, -0.05) is 13.8 Å². The third-order valence-electron chi connectivity index (χ3n) is 3.59. The van der Waals surface area contributed by atoms with Crippen LogP contribution >= 0.6 is 0 Å². The summed E-state index contributed by atoms with van der Waals surface area (Å²) < 4.78 is 11.1. The van der Waals surface area contributed by atoms with Crippen LogP contribution in [-0.4, -0.2) is 49.8 Å². The van der Waals surface area contributed by atoms with E-state index in [1.807, 2.05) is 24.3 Å². The predicted molar refractivity (Wildman–Crippen MR) is 82.7 cm³/mol. The molecule has 1 aliphatic rings.